The molecule has 3 aliphatic heterocycles. The van der Waals surface area contributed by atoms with Gasteiger partial charge < -0.3 is 24.4 Å². The third-order valence-electron chi connectivity index (χ3n) is 8.76. The summed E-state index contributed by atoms with van der Waals surface area (Å²) in [5.74, 6) is -2.86. The van der Waals surface area contributed by atoms with Gasteiger partial charge in [0, 0.05) is 6.54 Å². The van der Waals surface area contributed by atoms with Crippen LogP contribution in [-0.4, -0.2) is 91.2 Å². The summed E-state index contributed by atoms with van der Waals surface area (Å²) in [4.78, 5) is 44.9. The first-order chi connectivity index (χ1) is 18.8. The van der Waals surface area contributed by atoms with Gasteiger partial charge >= 0.3 is 5.97 Å². The fourth-order valence-corrected chi connectivity index (χ4v) is 6.78. The number of hydrogen-bond acceptors (Lipinski definition) is 8. The lowest BCUT2D eigenvalue weighted by Gasteiger charge is -2.40. The summed E-state index contributed by atoms with van der Waals surface area (Å²) in [5.41, 5.74) is 0.288. The molecule has 1 N–H and O–H groups in total. The second-order valence-corrected chi connectivity index (χ2v) is 10.8. The maximum Gasteiger partial charge on any atom is 0.312 e. The molecule has 39 heavy (non-hydrogen) atoms. The Morgan fingerprint density at radius 2 is 2.13 bits per heavy atom. The molecule has 2 amide bonds. The summed E-state index contributed by atoms with van der Waals surface area (Å²) in [6, 6.07) is 5.84. The van der Waals surface area contributed by atoms with E-state index in [-0.39, 0.29) is 44.2 Å². The molecule has 1 spiro atoms. The van der Waals surface area contributed by atoms with Gasteiger partial charge in [0.15, 0.2) is 0 Å². The molecule has 7 atom stereocenters. The van der Waals surface area contributed by atoms with E-state index in [1.807, 2.05) is 38.1 Å². The molecule has 0 unspecified atom stereocenters. The number of fused-ring (bicyclic) bond motifs is 2. The number of aliphatic hydroxyl groups excluding tert-OH is 1. The van der Waals surface area contributed by atoms with Crippen molar-refractivity contribution in [2.75, 3.05) is 19.8 Å². The number of esters is 1. The molecule has 1 aromatic heterocycles. The second-order valence-electron chi connectivity index (χ2n) is 10.8. The van der Waals surface area contributed by atoms with E-state index in [9.17, 15) is 19.5 Å². The predicted molar refractivity (Wildman–Crippen MR) is 141 cm³/mol. The number of ether oxygens (including phenoxy) is 2. The number of hydrogen-bond donors (Lipinski definition) is 1. The highest BCUT2D eigenvalue weighted by atomic mass is 16.6. The van der Waals surface area contributed by atoms with Gasteiger partial charge in [-0.2, -0.15) is 0 Å². The molecule has 2 bridgehead atoms. The van der Waals surface area contributed by atoms with Crippen LogP contribution in [0, 0.1) is 17.8 Å². The van der Waals surface area contributed by atoms with E-state index in [1.54, 1.807) is 22.6 Å². The molecule has 0 aliphatic carbocycles. The summed E-state index contributed by atoms with van der Waals surface area (Å²) in [7, 11) is 0. The molecule has 2 aromatic rings. The minimum absolute atomic E-state index is 0.0858. The number of carbonyl (C=O) groups excluding carboxylic acids is 3. The highest BCUT2D eigenvalue weighted by molar-refractivity contribution is 5.98. The van der Waals surface area contributed by atoms with Gasteiger partial charge in [0.2, 0.25) is 11.8 Å². The van der Waals surface area contributed by atoms with Crippen molar-refractivity contribution in [3.63, 3.8) is 0 Å². The van der Waals surface area contributed by atoms with E-state index in [2.05, 4.69) is 16.9 Å². The van der Waals surface area contributed by atoms with Crippen LogP contribution in [0.2, 0.25) is 0 Å². The monoisotopic (exact) mass is 539 g/mol. The van der Waals surface area contributed by atoms with Crippen molar-refractivity contribution in [3.05, 3.63) is 36.9 Å². The lowest BCUT2D eigenvalue weighted by Crippen LogP contribution is -2.60. The van der Waals surface area contributed by atoms with Gasteiger partial charge in [0.25, 0.3) is 0 Å². The van der Waals surface area contributed by atoms with Crippen LogP contribution in [0.4, 0.5) is 0 Å². The summed E-state index contributed by atoms with van der Waals surface area (Å²) in [6.45, 7) is 9.66. The normalized spacial score (nSPS) is 28.9. The average Bonchev–Trinajstić information content (AvgIpc) is 3.68. The van der Waals surface area contributed by atoms with Crippen LogP contribution in [0.1, 0.15) is 40.0 Å². The van der Waals surface area contributed by atoms with Crippen molar-refractivity contribution in [1.29, 1.82) is 0 Å². The van der Waals surface area contributed by atoms with Gasteiger partial charge in [-0.15, -0.1) is 11.7 Å². The number of likely N-dealkylation sites (tertiary alicyclic amines) is 1. The van der Waals surface area contributed by atoms with Gasteiger partial charge in [0.05, 0.1) is 42.7 Å². The maximum atomic E-state index is 14.6. The quantitative estimate of drug-likeness (QED) is 0.338. The van der Waals surface area contributed by atoms with Crippen molar-refractivity contribution < 1.29 is 29.0 Å². The molecule has 4 heterocycles. The number of nitrogens with zero attached hydrogens (tertiary/aromatic N) is 5. The summed E-state index contributed by atoms with van der Waals surface area (Å²) in [6.07, 6.45) is 2.84. The van der Waals surface area contributed by atoms with Gasteiger partial charge in [-0.3, -0.25) is 14.4 Å². The van der Waals surface area contributed by atoms with Crippen LogP contribution < -0.4 is 0 Å². The van der Waals surface area contributed by atoms with Crippen molar-refractivity contribution >= 4 is 28.8 Å². The molecule has 11 heteroatoms. The molecule has 3 aliphatic rings. The van der Waals surface area contributed by atoms with Crippen LogP contribution in [-0.2, 0) is 30.5 Å². The number of para-hydroxylation sites is 1. The summed E-state index contributed by atoms with van der Waals surface area (Å²) in [5, 5.41) is 18.9. The number of rotatable bonds is 11. The van der Waals surface area contributed by atoms with Crippen molar-refractivity contribution in [3.8, 4) is 0 Å². The molecule has 0 saturated carbocycles. The molecule has 3 saturated heterocycles. The Hall–Kier alpha value is -3.31. The standard InChI is InChI=1S/C28H37N5O6/c1-5-14-31(16-32-19-11-9-8-10-18(19)29-30-32)26(36)24-28-13-12-21(39-28)22(27(37)38-7-3)23(28)25(35)33(24)20(15-34)17(4)6-2/h5,8-11,17,20-24,34H,1,6-7,12-16H2,2-4H3/t17-,20-,21-,22+,23+,24-,28+/m0/s1. The minimum atomic E-state index is -1.18. The Labute approximate surface area is 227 Å². The van der Waals surface area contributed by atoms with E-state index in [0.29, 0.717) is 24.8 Å². The SMILES string of the molecule is C=CCN(Cn1nnc2ccccc21)C(=O)[C@@H]1N([C@@H](CO)[C@@H](C)CC)C(=O)[C@H]2[C@H](C(=O)OCC)[C@@H]3CC[C@]12O3. The van der Waals surface area contributed by atoms with Gasteiger partial charge in [-0.25, -0.2) is 4.68 Å². The third-order valence-corrected chi connectivity index (χ3v) is 8.76. The topological polar surface area (TPSA) is 127 Å². The third kappa shape index (κ3) is 4.22. The van der Waals surface area contributed by atoms with Crippen molar-refractivity contribution in [2.24, 2.45) is 17.8 Å². The molecule has 5 rings (SSSR count). The lowest BCUT2D eigenvalue weighted by molar-refractivity contribution is -0.157. The molecule has 11 nitrogen and oxygen atoms in total. The molecular formula is C28H37N5O6. The Bertz CT molecular complexity index is 1260. The molecular weight excluding hydrogens is 502 g/mol. The summed E-state index contributed by atoms with van der Waals surface area (Å²) >= 11 is 0. The summed E-state index contributed by atoms with van der Waals surface area (Å²) < 4.78 is 13.5. The zero-order valence-corrected chi connectivity index (χ0v) is 22.7. The Morgan fingerprint density at radius 3 is 2.82 bits per heavy atom. The van der Waals surface area contributed by atoms with Crippen LogP contribution in [0.5, 0.6) is 0 Å². The smallest absolute Gasteiger partial charge is 0.312 e. The van der Waals surface area contributed by atoms with E-state index in [0.717, 1.165) is 5.52 Å². The molecule has 0 radical (unpaired) electrons. The predicted octanol–water partition coefficient (Wildman–Crippen LogP) is 1.75. The van der Waals surface area contributed by atoms with E-state index in [1.165, 1.54) is 4.90 Å². The van der Waals surface area contributed by atoms with Crippen molar-refractivity contribution in [2.45, 2.75) is 70.5 Å². The zero-order chi connectivity index (χ0) is 27.9. The fraction of sp³-hybridized carbons (Fsp3) is 0.607. The second kappa shape index (κ2) is 10.7. The highest BCUT2D eigenvalue weighted by Crippen LogP contribution is 2.59. The first-order valence-electron chi connectivity index (χ1n) is 13.8. The Kier molecular flexibility index (Phi) is 7.47. The number of amides is 2. The van der Waals surface area contributed by atoms with Crippen LogP contribution >= 0.6 is 0 Å². The number of benzene rings is 1. The Balaban J connectivity index is 1.57. The highest BCUT2D eigenvalue weighted by Gasteiger charge is 2.75. The van der Waals surface area contributed by atoms with Gasteiger partial charge in [0.1, 0.15) is 23.8 Å². The molecule has 1 aromatic carbocycles. The van der Waals surface area contributed by atoms with Crippen LogP contribution in [0.25, 0.3) is 11.0 Å². The number of aliphatic hydroxyl groups is 1. The maximum absolute atomic E-state index is 14.6. The van der Waals surface area contributed by atoms with Gasteiger partial charge in [-0.1, -0.05) is 43.7 Å². The lowest BCUT2D eigenvalue weighted by atomic mass is 9.70. The molecule has 3 fully saturated rings. The minimum Gasteiger partial charge on any atom is -0.466 e. The first-order valence-corrected chi connectivity index (χ1v) is 13.8. The number of aromatic nitrogens is 3. The first kappa shape index (κ1) is 27.3. The number of carbonyl (C=O) groups is 3. The van der Waals surface area contributed by atoms with Gasteiger partial charge in [-0.05, 0) is 37.8 Å². The van der Waals surface area contributed by atoms with E-state index in [4.69, 9.17) is 9.47 Å². The van der Waals surface area contributed by atoms with Crippen molar-refractivity contribution in [1.82, 2.24) is 24.8 Å². The largest absolute Gasteiger partial charge is 0.466 e. The van der Waals surface area contributed by atoms with Crippen LogP contribution in [0.15, 0.2) is 36.9 Å². The van der Waals surface area contributed by atoms with Crippen LogP contribution in [0.3, 0.4) is 0 Å². The Morgan fingerprint density at radius 1 is 1.36 bits per heavy atom. The van der Waals surface area contributed by atoms with E-state index >= 15 is 0 Å². The fourth-order valence-electron chi connectivity index (χ4n) is 6.78. The van der Waals surface area contributed by atoms with E-state index < -0.39 is 41.6 Å². The zero-order valence-electron chi connectivity index (χ0n) is 22.7. The average molecular weight is 540 g/mol. The molecule has 210 valence electrons.